The second kappa shape index (κ2) is 11.1. The molecule has 1 atom stereocenters. The molecule has 164 valence electrons. The summed E-state index contributed by atoms with van der Waals surface area (Å²) < 4.78 is 0. The molecule has 0 saturated carbocycles. The fourth-order valence-corrected chi connectivity index (χ4v) is 4.35. The largest absolute Gasteiger partial charge is 0.394 e. The number of carbonyl (C=O) groups excluding carboxylic acids is 2. The van der Waals surface area contributed by atoms with Crippen LogP contribution in [0.5, 0.6) is 0 Å². The summed E-state index contributed by atoms with van der Waals surface area (Å²) >= 11 is 11.9. The number of halogens is 2. The van der Waals surface area contributed by atoms with Gasteiger partial charge in [-0.3, -0.25) is 9.59 Å². The summed E-state index contributed by atoms with van der Waals surface area (Å²) in [5.41, 5.74) is 0.737. The van der Waals surface area contributed by atoms with Crippen LogP contribution in [0.3, 0.4) is 0 Å². The van der Waals surface area contributed by atoms with Crippen LogP contribution in [-0.2, 0) is 9.59 Å². The molecule has 3 rings (SSSR count). The number of piperidine rings is 1. The van der Waals surface area contributed by atoms with Crippen molar-refractivity contribution in [3.8, 4) is 0 Å². The lowest BCUT2D eigenvalue weighted by molar-refractivity contribution is -0.151. The number of carbonyl (C=O) groups is 2. The summed E-state index contributed by atoms with van der Waals surface area (Å²) in [6.45, 7) is 4.44. The van der Waals surface area contributed by atoms with Gasteiger partial charge < -0.3 is 19.8 Å². The van der Waals surface area contributed by atoms with Gasteiger partial charge in [-0.1, -0.05) is 35.7 Å². The lowest BCUT2D eigenvalue weighted by Crippen LogP contribution is -2.60. The lowest BCUT2D eigenvalue weighted by Gasteiger charge is -2.39. The van der Waals surface area contributed by atoms with E-state index >= 15 is 0 Å². The highest BCUT2D eigenvalue weighted by Crippen LogP contribution is 2.23. The number of nitrogens with zero attached hydrogens (tertiary/aromatic N) is 3. The van der Waals surface area contributed by atoms with Crippen molar-refractivity contribution in [2.45, 2.75) is 31.7 Å². The number of piperazine rings is 1. The smallest absolute Gasteiger partial charge is 0.247 e. The molecular formula is C22H29Cl2N3O3. The molecule has 0 bridgehead atoms. The van der Waals surface area contributed by atoms with Crippen molar-refractivity contribution in [3.05, 3.63) is 39.9 Å². The Morgan fingerprint density at radius 2 is 1.83 bits per heavy atom. The Hall–Kier alpha value is -1.60. The minimum absolute atomic E-state index is 0.182. The number of hydrogen-bond acceptors (Lipinski definition) is 4. The molecule has 0 aliphatic carbocycles. The number of aliphatic hydroxyl groups is 1. The van der Waals surface area contributed by atoms with Crippen LogP contribution in [0.15, 0.2) is 24.3 Å². The number of rotatable bonds is 7. The van der Waals surface area contributed by atoms with Crippen molar-refractivity contribution >= 4 is 41.1 Å². The molecule has 0 aromatic heterocycles. The number of benzene rings is 1. The zero-order valence-corrected chi connectivity index (χ0v) is 18.6. The first-order valence-electron chi connectivity index (χ1n) is 10.6. The average molecular weight is 454 g/mol. The van der Waals surface area contributed by atoms with Crippen molar-refractivity contribution in [2.24, 2.45) is 0 Å². The zero-order valence-electron chi connectivity index (χ0n) is 17.1. The molecule has 6 nitrogen and oxygen atoms in total. The van der Waals surface area contributed by atoms with E-state index in [1.54, 1.807) is 29.2 Å². The lowest BCUT2D eigenvalue weighted by atomic mass is 10.1. The van der Waals surface area contributed by atoms with Crippen LogP contribution >= 0.6 is 23.2 Å². The highest BCUT2D eigenvalue weighted by Gasteiger charge is 2.36. The second-order valence-electron chi connectivity index (χ2n) is 7.82. The Morgan fingerprint density at radius 1 is 1.07 bits per heavy atom. The van der Waals surface area contributed by atoms with Crippen molar-refractivity contribution in [2.75, 3.05) is 45.9 Å². The van der Waals surface area contributed by atoms with Gasteiger partial charge in [-0.05, 0) is 62.7 Å². The van der Waals surface area contributed by atoms with Gasteiger partial charge >= 0.3 is 0 Å². The van der Waals surface area contributed by atoms with Gasteiger partial charge in [-0.25, -0.2) is 0 Å². The van der Waals surface area contributed by atoms with E-state index in [0.717, 1.165) is 31.6 Å². The van der Waals surface area contributed by atoms with E-state index < -0.39 is 6.04 Å². The summed E-state index contributed by atoms with van der Waals surface area (Å²) in [6, 6.07) is 4.26. The number of hydrogen-bond donors (Lipinski definition) is 1. The molecule has 2 amide bonds. The third-order valence-electron chi connectivity index (χ3n) is 5.75. The minimum Gasteiger partial charge on any atom is -0.394 e. The number of aliphatic hydroxyl groups excluding tert-OH is 1. The average Bonchev–Trinajstić information content (AvgIpc) is 2.76. The molecule has 30 heavy (non-hydrogen) atoms. The maximum absolute atomic E-state index is 12.8. The zero-order chi connectivity index (χ0) is 21.5. The standard InChI is InChI=1S/C22H29Cl2N3O3/c23-18-7-5-17(15-19(18)24)6-8-21(29)27-14-13-26(22(30)20(27)16-28)12-4-11-25-9-2-1-3-10-25/h5-8,15,20,28H,1-4,9-14,16H2. The maximum Gasteiger partial charge on any atom is 0.247 e. The Morgan fingerprint density at radius 3 is 2.53 bits per heavy atom. The second-order valence-corrected chi connectivity index (χ2v) is 8.63. The first-order chi connectivity index (χ1) is 14.5. The topological polar surface area (TPSA) is 64.1 Å². The molecule has 1 unspecified atom stereocenters. The molecule has 1 aromatic rings. The van der Waals surface area contributed by atoms with Crippen molar-refractivity contribution < 1.29 is 14.7 Å². The fourth-order valence-electron chi connectivity index (χ4n) is 4.05. The van der Waals surface area contributed by atoms with Gasteiger partial charge in [0, 0.05) is 25.7 Å². The summed E-state index contributed by atoms with van der Waals surface area (Å²) in [6.07, 6.45) is 7.76. The van der Waals surface area contributed by atoms with Crippen LogP contribution in [-0.4, -0.2) is 83.5 Å². The van der Waals surface area contributed by atoms with E-state index in [0.29, 0.717) is 29.7 Å². The third-order valence-corrected chi connectivity index (χ3v) is 6.49. The third kappa shape index (κ3) is 5.97. The van der Waals surface area contributed by atoms with Crippen molar-refractivity contribution in [1.82, 2.24) is 14.7 Å². The Balaban J connectivity index is 1.54. The van der Waals surface area contributed by atoms with Gasteiger partial charge in [0.2, 0.25) is 11.8 Å². The SMILES string of the molecule is O=C1C(CO)N(C(=O)C=Cc2ccc(Cl)c(Cl)c2)CCN1CCCN1CCCCC1. The Bertz CT molecular complexity index is 781. The molecule has 2 aliphatic rings. The van der Waals surface area contributed by atoms with Crippen LogP contribution in [0.4, 0.5) is 0 Å². The summed E-state index contributed by atoms with van der Waals surface area (Å²) in [4.78, 5) is 31.1. The predicted octanol–water partition coefficient (Wildman–Crippen LogP) is 2.91. The van der Waals surface area contributed by atoms with E-state index in [1.165, 1.54) is 30.2 Å². The molecule has 2 heterocycles. The Kier molecular flexibility index (Phi) is 8.57. The van der Waals surface area contributed by atoms with Crippen LogP contribution in [0, 0.1) is 0 Å². The monoisotopic (exact) mass is 453 g/mol. The number of likely N-dealkylation sites (tertiary alicyclic amines) is 1. The molecule has 1 aromatic carbocycles. The van der Waals surface area contributed by atoms with E-state index in [-0.39, 0.29) is 18.4 Å². The normalized spacial score (nSPS) is 20.9. The van der Waals surface area contributed by atoms with Crippen molar-refractivity contribution in [1.29, 1.82) is 0 Å². The Labute approximate surface area is 188 Å². The molecule has 1 N–H and O–H groups in total. The van der Waals surface area contributed by atoms with Crippen LogP contribution < -0.4 is 0 Å². The van der Waals surface area contributed by atoms with Crippen LogP contribution in [0.25, 0.3) is 6.08 Å². The molecule has 2 aliphatic heterocycles. The quantitative estimate of drug-likeness (QED) is 0.644. The summed E-state index contributed by atoms with van der Waals surface area (Å²) in [7, 11) is 0. The molecule has 2 saturated heterocycles. The van der Waals surface area contributed by atoms with Gasteiger partial charge in [0.05, 0.1) is 16.7 Å². The van der Waals surface area contributed by atoms with E-state index in [4.69, 9.17) is 23.2 Å². The summed E-state index contributed by atoms with van der Waals surface area (Å²) in [5.74, 6) is -0.486. The first kappa shape index (κ1) is 23.1. The highest BCUT2D eigenvalue weighted by molar-refractivity contribution is 6.42. The molecular weight excluding hydrogens is 425 g/mol. The highest BCUT2D eigenvalue weighted by atomic mass is 35.5. The minimum atomic E-state index is -0.834. The van der Waals surface area contributed by atoms with Gasteiger partial charge in [-0.2, -0.15) is 0 Å². The molecule has 0 spiro atoms. The first-order valence-corrected chi connectivity index (χ1v) is 11.3. The van der Waals surface area contributed by atoms with Gasteiger partial charge in [-0.15, -0.1) is 0 Å². The van der Waals surface area contributed by atoms with Gasteiger partial charge in [0.1, 0.15) is 6.04 Å². The van der Waals surface area contributed by atoms with Gasteiger partial charge in [0.15, 0.2) is 0 Å². The van der Waals surface area contributed by atoms with E-state index in [2.05, 4.69) is 4.90 Å². The van der Waals surface area contributed by atoms with Gasteiger partial charge in [0.25, 0.3) is 0 Å². The predicted molar refractivity (Wildman–Crippen MR) is 120 cm³/mol. The van der Waals surface area contributed by atoms with E-state index in [9.17, 15) is 14.7 Å². The van der Waals surface area contributed by atoms with Crippen molar-refractivity contribution in [3.63, 3.8) is 0 Å². The van der Waals surface area contributed by atoms with E-state index in [1.807, 2.05) is 0 Å². The molecule has 2 fully saturated rings. The fraction of sp³-hybridized carbons (Fsp3) is 0.545. The number of amides is 2. The maximum atomic E-state index is 12.8. The molecule has 8 heteroatoms. The van der Waals surface area contributed by atoms with Crippen LogP contribution in [0.1, 0.15) is 31.2 Å². The molecule has 0 radical (unpaired) electrons. The summed E-state index contributed by atoms with van der Waals surface area (Å²) in [5, 5.41) is 10.6. The van der Waals surface area contributed by atoms with Crippen LogP contribution in [0.2, 0.25) is 10.0 Å².